The van der Waals surface area contributed by atoms with E-state index >= 15 is 0 Å². The zero-order valence-corrected chi connectivity index (χ0v) is 36.2. The minimum Gasteiger partial charge on any atom is -0.457 e. The van der Waals surface area contributed by atoms with Gasteiger partial charge in [0.2, 0.25) is 0 Å². The molecule has 5 nitrogen and oxygen atoms in total. The molecule has 2 aromatic heterocycles. The third-order valence-electron chi connectivity index (χ3n) is 14.4. The summed E-state index contributed by atoms with van der Waals surface area (Å²) >= 11 is 0. The number of benzene rings is 9. The van der Waals surface area contributed by atoms with E-state index in [1.54, 1.807) is 0 Å². The van der Waals surface area contributed by atoms with Crippen molar-refractivity contribution in [3.05, 3.63) is 234 Å². The number of nitrogens with zero attached hydrogens (tertiary/aromatic N) is 3. The van der Waals surface area contributed by atoms with Crippen molar-refractivity contribution in [1.29, 1.82) is 0 Å². The lowest BCUT2D eigenvalue weighted by Crippen LogP contribution is -2.32. The van der Waals surface area contributed by atoms with Crippen molar-refractivity contribution in [2.24, 2.45) is 0 Å². The highest BCUT2D eigenvalue weighted by molar-refractivity contribution is 6.11. The fourth-order valence-electron chi connectivity index (χ4n) is 11.6. The van der Waals surface area contributed by atoms with Crippen LogP contribution in [0.3, 0.4) is 0 Å². The Morgan fingerprint density at radius 3 is 1.67 bits per heavy atom. The predicted octanol–water partition coefficient (Wildman–Crippen LogP) is 15.2. The second-order valence-electron chi connectivity index (χ2n) is 18.2. The van der Waals surface area contributed by atoms with Crippen LogP contribution in [0.1, 0.15) is 47.2 Å². The Morgan fingerprint density at radius 1 is 0.364 bits per heavy atom. The van der Waals surface area contributed by atoms with E-state index in [0.717, 1.165) is 66.8 Å². The molecule has 0 saturated heterocycles. The Balaban J connectivity index is 1.02. The van der Waals surface area contributed by atoms with E-state index in [1.165, 1.54) is 50.1 Å². The number of ether oxygens (including phenoxy) is 1. The van der Waals surface area contributed by atoms with Crippen LogP contribution in [0, 0.1) is 0 Å². The molecule has 1 aliphatic heterocycles. The maximum Gasteiger partial charge on any atom is 0.164 e. The van der Waals surface area contributed by atoms with Crippen molar-refractivity contribution in [3.63, 3.8) is 0 Å². The lowest BCUT2D eigenvalue weighted by molar-refractivity contribution is 0.436. The van der Waals surface area contributed by atoms with Crippen LogP contribution in [0.2, 0.25) is 0 Å². The van der Waals surface area contributed by atoms with E-state index in [-0.39, 0.29) is 5.41 Å². The van der Waals surface area contributed by atoms with Crippen LogP contribution in [0.25, 0.3) is 89.5 Å². The molecule has 66 heavy (non-hydrogen) atoms. The first-order chi connectivity index (χ1) is 32.5. The van der Waals surface area contributed by atoms with Gasteiger partial charge in [0.1, 0.15) is 22.7 Å². The Labute approximate surface area is 381 Å². The number of hydrogen-bond donors (Lipinski definition) is 0. The molecule has 0 radical (unpaired) electrons. The summed E-state index contributed by atoms with van der Waals surface area (Å²) < 4.78 is 13.1. The number of para-hydroxylation sites is 3. The van der Waals surface area contributed by atoms with Gasteiger partial charge in [-0.1, -0.05) is 178 Å². The van der Waals surface area contributed by atoms with Crippen LogP contribution < -0.4 is 4.74 Å². The summed E-state index contributed by atoms with van der Waals surface area (Å²) in [5.74, 6) is 3.47. The molecule has 3 aliphatic rings. The summed E-state index contributed by atoms with van der Waals surface area (Å²) in [7, 11) is 0. The first kappa shape index (κ1) is 37.0. The van der Waals surface area contributed by atoms with Crippen LogP contribution in [0.15, 0.2) is 205 Å². The van der Waals surface area contributed by atoms with E-state index in [4.69, 9.17) is 24.1 Å². The van der Waals surface area contributed by atoms with Crippen molar-refractivity contribution in [2.45, 2.75) is 24.7 Å². The fraction of sp³-hybridized carbons (Fsp3) is 0.0656. The standard InChI is InChI=1S/C61H39N3O2/c1-60(2)46-23-8-6-18-40(46)43-21-14-20-39(56(43)60)37-30-32-41-42-33-31-38(35-50(42)61(49(41)34-37)47-24-9-12-27-52(47)66-53-28-13-10-25-48(53)61)58-62-57(36-16-4-3-5-17-36)63-59(64-58)45-22-15-29-54-55(45)44-19-7-11-26-51(44)65-54/h3-35H,1-2H3. The highest BCUT2D eigenvalue weighted by Crippen LogP contribution is 2.63. The number of rotatable bonds is 4. The smallest absolute Gasteiger partial charge is 0.164 e. The third kappa shape index (κ3) is 5.02. The second-order valence-corrected chi connectivity index (χ2v) is 18.2. The summed E-state index contributed by atoms with van der Waals surface area (Å²) in [4.78, 5) is 15.8. The Kier molecular flexibility index (Phi) is 7.60. The van der Waals surface area contributed by atoms with Gasteiger partial charge < -0.3 is 9.15 Å². The highest BCUT2D eigenvalue weighted by Gasteiger charge is 2.51. The second kappa shape index (κ2) is 13.6. The lowest BCUT2D eigenvalue weighted by atomic mass is 9.65. The van der Waals surface area contributed by atoms with Gasteiger partial charge in [-0.2, -0.15) is 0 Å². The van der Waals surface area contributed by atoms with E-state index in [2.05, 4.69) is 166 Å². The van der Waals surface area contributed by atoms with Crippen molar-refractivity contribution < 1.29 is 9.15 Å². The van der Waals surface area contributed by atoms with Gasteiger partial charge in [-0.3, -0.25) is 0 Å². The normalized spacial score (nSPS) is 14.3. The number of furan rings is 1. The average molecular weight is 846 g/mol. The molecule has 0 fully saturated rings. The van der Waals surface area contributed by atoms with Crippen molar-refractivity contribution in [3.8, 4) is 79.0 Å². The minimum atomic E-state index is -0.724. The molecule has 14 rings (SSSR count). The largest absolute Gasteiger partial charge is 0.457 e. The predicted molar refractivity (Wildman–Crippen MR) is 264 cm³/mol. The van der Waals surface area contributed by atoms with Crippen LogP contribution in [-0.4, -0.2) is 15.0 Å². The molecule has 9 aromatic carbocycles. The quantitative estimate of drug-likeness (QED) is 0.177. The molecule has 2 aliphatic carbocycles. The Bertz CT molecular complexity index is 3800. The molecule has 0 atom stereocenters. The summed E-state index contributed by atoms with van der Waals surface area (Å²) in [6.45, 7) is 4.73. The first-order valence-electron chi connectivity index (χ1n) is 22.6. The minimum absolute atomic E-state index is 0.173. The molecule has 0 bridgehead atoms. The molecule has 310 valence electrons. The molecule has 0 amide bonds. The summed E-state index contributed by atoms with van der Waals surface area (Å²) in [6.07, 6.45) is 0. The Hall–Kier alpha value is -8.41. The molecule has 5 heteroatoms. The first-order valence-corrected chi connectivity index (χ1v) is 22.6. The maximum absolute atomic E-state index is 6.80. The zero-order valence-electron chi connectivity index (χ0n) is 36.2. The molecule has 0 N–H and O–H groups in total. The maximum atomic E-state index is 6.80. The van der Waals surface area contributed by atoms with E-state index in [0.29, 0.717) is 17.5 Å². The van der Waals surface area contributed by atoms with E-state index in [9.17, 15) is 0 Å². The van der Waals surface area contributed by atoms with Gasteiger partial charge >= 0.3 is 0 Å². The van der Waals surface area contributed by atoms with Gasteiger partial charge in [-0.25, -0.2) is 15.0 Å². The van der Waals surface area contributed by atoms with Gasteiger partial charge in [-0.15, -0.1) is 0 Å². The third-order valence-corrected chi connectivity index (χ3v) is 14.4. The van der Waals surface area contributed by atoms with Gasteiger partial charge in [-0.05, 0) is 92.0 Å². The molecular weight excluding hydrogens is 807 g/mol. The van der Waals surface area contributed by atoms with Crippen molar-refractivity contribution in [2.75, 3.05) is 0 Å². The number of hydrogen-bond acceptors (Lipinski definition) is 5. The number of aromatic nitrogens is 3. The van der Waals surface area contributed by atoms with Crippen molar-refractivity contribution in [1.82, 2.24) is 15.0 Å². The fourth-order valence-corrected chi connectivity index (χ4v) is 11.6. The van der Waals surface area contributed by atoms with E-state index < -0.39 is 5.41 Å². The molecule has 0 unspecified atom stereocenters. The SMILES string of the molecule is CC1(C)c2ccccc2-c2cccc(-c3ccc4c(c3)C3(c5ccccc5Oc5ccccc53)c3cc(-c5nc(-c6ccccc6)nc(-c6cccc7oc8ccccc8c67)n5)ccc3-4)c21. The topological polar surface area (TPSA) is 61.0 Å². The van der Waals surface area contributed by atoms with Gasteiger partial charge in [0.15, 0.2) is 17.5 Å². The van der Waals surface area contributed by atoms with Crippen LogP contribution in [0.5, 0.6) is 11.5 Å². The molecular formula is C61H39N3O2. The monoisotopic (exact) mass is 845 g/mol. The van der Waals surface area contributed by atoms with Gasteiger partial charge in [0, 0.05) is 44.0 Å². The average Bonchev–Trinajstić information content (AvgIpc) is 3.97. The summed E-state index contributed by atoms with van der Waals surface area (Å²) in [5.41, 5.74) is 18.2. The lowest BCUT2D eigenvalue weighted by Gasteiger charge is -2.39. The Morgan fingerprint density at radius 2 is 0.894 bits per heavy atom. The summed E-state index contributed by atoms with van der Waals surface area (Å²) in [5, 5.41) is 2.00. The summed E-state index contributed by atoms with van der Waals surface area (Å²) in [6, 6.07) is 71.2. The van der Waals surface area contributed by atoms with Crippen LogP contribution >= 0.6 is 0 Å². The molecule has 3 heterocycles. The zero-order chi connectivity index (χ0) is 43.7. The van der Waals surface area contributed by atoms with Crippen molar-refractivity contribution >= 4 is 21.9 Å². The van der Waals surface area contributed by atoms with Gasteiger partial charge in [0.25, 0.3) is 0 Å². The van der Waals surface area contributed by atoms with Crippen LogP contribution in [-0.2, 0) is 10.8 Å². The van der Waals surface area contributed by atoms with E-state index in [1.807, 2.05) is 48.5 Å². The van der Waals surface area contributed by atoms with Crippen LogP contribution in [0.4, 0.5) is 0 Å². The number of fused-ring (bicyclic) bond motifs is 15. The molecule has 0 saturated carbocycles. The molecule has 11 aromatic rings. The molecule has 1 spiro atoms. The highest BCUT2D eigenvalue weighted by atomic mass is 16.5. The van der Waals surface area contributed by atoms with Gasteiger partial charge in [0.05, 0.1) is 5.41 Å².